The van der Waals surface area contributed by atoms with Gasteiger partial charge in [-0.15, -0.1) is 0 Å². The molecule has 0 atom stereocenters. The normalized spacial score (nSPS) is 10.2. The maximum atomic E-state index is 13.6. The molecule has 5 heteroatoms. The summed E-state index contributed by atoms with van der Waals surface area (Å²) in [5.41, 5.74) is 0. The predicted octanol–water partition coefficient (Wildman–Crippen LogP) is 4.59. The van der Waals surface area contributed by atoms with E-state index >= 15 is 0 Å². The third-order valence-corrected chi connectivity index (χ3v) is 2.70. The first kappa shape index (κ1) is 14.3. The molecule has 0 radical (unpaired) electrons. The molecule has 2 aromatic rings. The zero-order valence-electron chi connectivity index (χ0n) is 10.7. The molecular formula is C15H12ClFO3. The largest absolute Gasteiger partial charge is 0.454 e. The third kappa shape index (κ3) is 3.71. The molecule has 0 aliphatic heterocycles. The Hall–Kier alpha value is -2.07. The van der Waals surface area contributed by atoms with Crippen molar-refractivity contribution in [3.05, 3.63) is 53.3 Å². The Balaban J connectivity index is 2.08. The quantitative estimate of drug-likeness (QED) is 0.611. The summed E-state index contributed by atoms with van der Waals surface area (Å²) in [4.78, 5) is 11.1. The lowest BCUT2D eigenvalue weighted by atomic mass is 10.3. The fourth-order valence-electron chi connectivity index (χ4n) is 1.46. The summed E-state index contributed by atoms with van der Waals surface area (Å²) in [5.74, 6) is 0.0670. The molecule has 0 N–H and O–H groups in total. The summed E-state index contributed by atoms with van der Waals surface area (Å²) in [5, 5.41) is 0.302. The fraction of sp³-hybridized carbons (Fsp3) is 0.133. The number of hydrogen-bond donors (Lipinski definition) is 0. The van der Waals surface area contributed by atoms with Gasteiger partial charge in [0.15, 0.2) is 11.6 Å². The molecule has 0 saturated heterocycles. The van der Waals surface area contributed by atoms with Crippen LogP contribution in [0.25, 0.3) is 0 Å². The highest BCUT2D eigenvalue weighted by atomic mass is 35.5. The van der Waals surface area contributed by atoms with Crippen molar-refractivity contribution in [2.45, 2.75) is 13.3 Å². The molecule has 3 nitrogen and oxygen atoms in total. The van der Waals surface area contributed by atoms with Crippen molar-refractivity contribution in [1.29, 1.82) is 0 Å². The number of hydrogen-bond acceptors (Lipinski definition) is 3. The lowest BCUT2D eigenvalue weighted by Crippen LogP contribution is -2.05. The van der Waals surface area contributed by atoms with Gasteiger partial charge in [0.05, 0.1) is 0 Å². The van der Waals surface area contributed by atoms with Crippen LogP contribution in [0.3, 0.4) is 0 Å². The minimum atomic E-state index is -0.543. The van der Waals surface area contributed by atoms with Gasteiger partial charge >= 0.3 is 5.97 Å². The summed E-state index contributed by atoms with van der Waals surface area (Å²) >= 11 is 5.66. The molecule has 20 heavy (non-hydrogen) atoms. The van der Waals surface area contributed by atoms with Crippen LogP contribution < -0.4 is 9.47 Å². The third-order valence-electron chi connectivity index (χ3n) is 2.47. The first-order valence-electron chi connectivity index (χ1n) is 6.02. The van der Waals surface area contributed by atoms with E-state index in [1.54, 1.807) is 31.2 Å². The Bertz CT molecular complexity index is 611. The zero-order valence-corrected chi connectivity index (χ0v) is 11.5. The first-order valence-corrected chi connectivity index (χ1v) is 6.40. The van der Waals surface area contributed by atoms with E-state index in [0.717, 1.165) is 0 Å². The standard InChI is InChI=1S/C15H12ClFO3/c1-2-15(18)20-12-6-4-11(5-7-12)19-14-8-3-10(16)9-13(14)17/h3-9H,2H2,1H3. The van der Waals surface area contributed by atoms with Crippen LogP contribution in [0.1, 0.15) is 13.3 Å². The van der Waals surface area contributed by atoms with Crippen LogP contribution >= 0.6 is 11.6 Å². The number of carbonyl (C=O) groups excluding carboxylic acids is 1. The minimum absolute atomic E-state index is 0.0766. The second-order valence-electron chi connectivity index (χ2n) is 3.98. The smallest absolute Gasteiger partial charge is 0.310 e. The number of benzene rings is 2. The van der Waals surface area contributed by atoms with Gasteiger partial charge in [-0.05, 0) is 42.5 Å². The topological polar surface area (TPSA) is 35.5 Å². The molecule has 2 aromatic carbocycles. The molecule has 0 saturated carbocycles. The monoisotopic (exact) mass is 294 g/mol. The van der Waals surface area contributed by atoms with Gasteiger partial charge in [-0.1, -0.05) is 18.5 Å². The van der Waals surface area contributed by atoms with Gasteiger partial charge in [0.1, 0.15) is 11.5 Å². The summed E-state index contributed by atoms with van der Waals surface area (Å²) in [6.07, 6.45) is 0.300. The van der Waals surface area contributed by atoms with Gasteiger partial charge in [-0.25, -0.2) is 4.39 Å². The van der Waals surface area contributed by atoms with Crippen LogP contribution in [0.4, 0.5) is 4.39 Å². The van der Waals surface area contributed by atoms with E-state index in [1.807, 2.05) is 0 Å². The Kier molecular flexibility index (Phi) is 4.58. The SMILES string of the molecule is CCC(=O)Oc1ccc(Oc2ccc(Cl)cc2F)cc1. The summed E-state index contributed by atoms with van der Waals surface area (Å²) in [6, 6.07) is 10.5. The summed E-state index contributed by atoms with van der Waals surface area (Å²) in [7, 11) is 0. The van der Waals surface area contributed by atoms with Crippen molar-refractivity contribution in [3.63, 3.8) is 0 Å². The molecule has 0 fully saturated rings. The second kappa shape index (κ2) is 6.39. The van der Waals surface area contributed by atoms with E-state index in [2.05, 4.69) is 0 Å². The molecule has 0 bridgehead atoms. The molecular weight excluding hydrogens is 283 g/mol. The number of rotatable bonds is 4. The van der Waals surface area contributed by atoms with Crippen LogP contribution in [-0.2, 0) is 4.79 Å². The molecule has 0 aliphatic rings. The van der Waals surface area contributed by atoms with Gasteiger partial charge in [0.25, 0.3) is 0 Å². The van der Waals surface area contributed by atoms with Crippen LogP contribution in [-0.4, -0.2) is 5.97 Å². The second-order valence-corrected chi connectivity index (χ2v) is 4.41. The van der Waals surface area contributed by atoms with E-state index < -0.39 is 5.82 Å². The molecule has 0 aromatic heterocycles. The van der Waals surface area contributed by atoms with Crippen molar-refractivity contribution in [2.24, 2.45) is 0 Å². The van der Waals surface area contributed by atoms with Crippen molar-refractivity contribution >= 4 is 17.6 Å². The van der Waals surface area contributed by atoms with Gasteiger partial charge < -0.3 is 9.47 Å². The van der Waals surface area contributed by atoms with Crippen molar-refractivity contribution in [3.8, 4) is 17.2 Å². The minimum Gasteiger partial charge on any atom is -0.454 e. The number of halogens is 2. The molecule has 0 amide bonds. The lowest BCUT2D eigenvalue weighted by Gasteiger charge is -2.08. The van der Waals surface area contributed by atoms with E-state index in [9.17, 15) is 9.18 Å². The molecule has 0 heterocycles. The van der Waals surface area contributed by atoms with Crippen molar-refractivity contribution in [2.75, 3.05) is 0 Å². The summed E-state index contributed by atoms with van der Waals surface area (Å²) < 4.78 is 24.0. The highest BCUT2D eigenvalue weighted by Crippen LogP contribution is 2.27. The predicted molar refractivity (Wildman–Crippen MR) is 73.9 cm³/mol. The first-order chi connectivity index (χ1) is 9.58. The molecule has 2 rings (SSSR count). The van der Waals surface area contributed by atoms with Crippen LogP contribution in [0.5, 0.6) is 17.2 Å². The zero-order chi connectivity index (χ0) is 14.5. The Labute approximate surface area is 120 Å². The highest BCUT2D eigenvalue weighted by molar-refractivity contribution is 6.30. The van der Waals surface area contributed by atoms with E-state index in [1.165, 1.54) is 18.2 Å². The Morgan fingerprint density at radius 1 is 1.15 bits per heavy atom. The van der Waals surface area contributed by atoms with Gasteiger partial charge in [0.2, 0.25) is 0 Å². The van der Waals surface area contributed by atoms with E-state index in [4.69, 9.17) is 21.1 Å². The van der Waals surface area contributed by atoms with Gasteiger partial charge in [0, 0.05) is 11.4 Å². The fourth-order valence-corrected chi connectivity index (χ4v) is 1.62. The Morgan fingerprint density at radius 2 is 1.80 bits per heavy atom. The summed E-state index contributed by atoms with van der Waals surface area (Å²) in [6.45, 7) is 1.71. The van der Waals surface area contributed by atoms with Crippen LogP contribution in [0.15, 0.2) is 42.5 Å². The Morgan fingerprint density at radius 3 is 2.40 bits per heavy atom. The molecule has 0 spiro atoms. The average Bonchev–Trinajstić information content (AvgIpc) is 2.44. The van der Waals surface area contributed by atoms with Gasteiger partial charge in [-0.3, -0.25) is 4.79 Å². The van der Waals surface area contributed by atoms with E-state index in [-0.39, 0.29) is 11.7 Å². The number of carbonyl (C=O) groups is 1. The highest BCUT2D eigenvalue weighted by Gasteiger charge is 2.06. The van der Waals surface area contributed by atoms with Gasteiger partial charge in [-0.2, -0.15) is 0 Å². The number of esters is 1. The van der Waals surface area contributed by atoms with Crippen LogP contribution in [0, 0.1) is 5.82 Å². The van der Waals surface area contributed by atoms with Crippen molar-refractivity contribution in [1.82, 2.24) is 0 Å². The molecule has 104 valence electrons. The van der Waals surface area contributed by atoms with E-state index in [0.29, 0.717) is 22.9 Å². The maximum Gasteiger partial charge on any atom is 0.310 e. The van der Waals surface area contributed by atoms with Crippen LogP contribution in [0.2, 0.25) is 5.02 Å². The van der Waals surface area contributed by atoms with Crippen molar-refractivity contribution < 1.29 is 18.7 Å². The average molecular weight is 295 g/mol. The molecule has 0 unspecified atom stereocenters. The molecule has 0 aliphatic carbocycles. The maximum absolute atomic E-state index is 13.6. The lowest BCUT2D eigenvalue weighted by molar-refractivity contribution is -0.134. The number of ether oxygens (including phenoxy) is 2.